The molecule has 0 spiro atoms. The van der Waals surface area contributed by atoms with E-state index in [1.807, 2.05) is 7.05 Å². The lowest BCUT2D eigenvalue weighted by Gasteiger charge is -2.31. The molecule has 0 aromatic heterocycles. The Morgan fingerprint density at radius 3 is 2.27 bits per heavy atom. The van der Waals surface area contributed by atoms with Crippen LogP contribution in [0.2, 0.25) is 0 Å². The molecule has 146 valence electrons. The fraction of sp³-hybridized carbons (Fsp3) is 0.611. The predicted molar refractivity (Wildman–Crippen MR) is 102 cm³/mol. The number of piperidine rings is 1. The second-order valence-electron chi connectivity index (χ2n) is 7.00. The van der Waals surface area contributed by atoms with Gasteiger partial charge in [0.15, 0.2) is 0 Å². The van der Waals surface area contributed by atoms with Gasteiger partial charge in [0.1, 0.15) is 0 Å². The fourth-order valence-electron chi connectivity index (χ4n) is 3.67. The zero-order valence-corrected chi connectivity index (χ0v) is 16.9. The summed E-state index contributed by atoms with van der Waals surface area (Å²) < 4.78 is 32.1. The topological polar surface area (TPSA) is 75.7 Å². The van der Waals surface area contributed by atoms with Gasteiger partial charge in [-0.25, -0.2) is 8.42 Å². The lowest BCUT2D eigenvalue weighted by molar-refractivity contribution is -0.143. The number of rotatable bonds is 6. The van der Waals surface area contributed by atoms with E-state index in [0.29, 0.717) is 23.9 Å². The Bertz CT molecular complexity index is 724. The molecule has 6 nitrogen and oxygen atoms in total. The molecule has 0 atom stereocenters. The van der Waals surface area contributed by atoms with E-state index in [1.54, 1.807) is 28.6 Å². The first-order valence-corrected chi connectivity index (χ1v) is 10.2. The Balaban J connectivity index is 0.00000243. The van der Waals surface area contributed by atoms with Gasteiger partial charge in [0.2, 0.25) is 10.0 Å². The van der Waals surface area contributed by atoms with Gasteiger partial charge < -0.3 is 10.1 Å². The van der Waals surface area contributed by atoms with Crippen molar-refractivity contribution in [3.63, 3.8) is 0 Å². The molecule has 1 N–H and O–H groups in total. The molecular formula is C18H27ClN2O4S. The Morgan fingerprint density at radius 2 is 1.81 bits per heavy atom. The van der Waals surface area contributed by atoms with Crippen molar-refractivity contribution in [3.8, 4) is 0 Å². The monoisotopic (exact) mass is 402 g/mol. The van der Waals surface area contributed by atoms with Crippen LogP contribution in [0, 0.1) is 5.92 Å². The number of sulfonamides is 1. The van der Waals surface area contributed by atoms with Crippen LogP contribution in [0.1, 0.15) is 31.2 Å². The van der Waals surface area contributed by atoms with Crippen LogP contribution in [0.15, 0.2) is 29.2 Å². The lowest BCUT2D eigenvalue weighted by Crippen LogP contribution is -2.40. The van der Waals surface area contributed by atoms with E-state index in [2.05, 4.69) is 5.32 Å². The van der Waals surface area contributed by atoms with E-state index in [9.17, 15) is 13.2 Å². The molecule has 0 unspecified atom stereocenters. The van der Waals surface area contributed by atoms with Crippen LogP contribution in [-0.4, -0.2) is 52.5 Å². The molecule has 1 saturated heterocycles. The first-order valence-electron chi connectivity index (χ1n) is 8.78. The summed E-state index contributed by atoms with van der Waals surface area (Å²) in [4.78, 5) is 12.3. The van der Waals surface area contributed by atoms with Gasteiger partial charge in [0.05, 0.1) is 17.4 Å². The molecule has 1 aromatic rings. The molecule has 0 amide bonds. The first kappa shape index (κ1) is 21.2. The first-order chi connectivity index (χ1) is 11.9. The average molecular weight is 403 g/mol. The number of carbonyl (C=O) groups excluding carboxylic acids is 1. The molecule has 8 heteroatoms. The maximum absolute atomic E-state index is 12.8. The number of nitrogens with one attached hydrogen (secondary N) is 1. The number of halogens is 1. The van der Waals surface area contributed by atoms with Gasteiger partial charge in [-0.3, -0.25) is 4.79 Å². The van der Waals surface area contributed by atoms with Crippen LogP contribution in [0.4, 0.5) is 0 Å². The van der Waals surface area contributed by atoms with E-state index in [-0.39, 0.29) is 18.4 Å². The van der Waals surface area contributed by atoms with Gasteiger partial charge in [-0.1, -0.05) is 12.1 Å². The van der Waals surface area contributed by atoms with Gasteiger partial charge in [-0.2, -0.15) is 4.31 Å². The minimum atomic E-state index is -3.47. The number of carbonyl (C=O) groups is 1. The van der Waals surface area contributed by atoms with E-state index >= 15 is 0 Å². The average Bonchev–Trinajstić information content (AvgIpc) is 3.44. The molecule has 1 aliphatic heterocycles. The third kappa shape index (κ3) is 3.91. The highest BCUT2D eigenvalue weighted by Crippen LogP contribution is 2.49. The second kappa shape index (κ2) is 8.25. The number of esters is 1. The van der Waals surface area contributed by atoms with E-state index in [4.69, 9.17) is 4.74 Å². The maximum Gasteiger partial charge on any atom is 0.316 e. The number of benzene rings is 1. The summed E-state index contributed by atoms with van der Waals surface area (Å²) in [5.74, 6) is 0.295. The summed E-state index contributed by atoms with van der Waals surface area (Å²) in [6, 6.07) is 6.75. The lowest BCUT2D eigenvalue weighted by atomic mass is 9.96. The largest absolute Gasteiger partial charge is 0.468 e. The van der Waals surface area contributed by atoms with Gasteiger partial charge in [-0.05, 0) is 62.9 Å². The Morgan fingerprint density at radius 1 is 1.23 bits per heavy atom. The smallest absolute Gasteiger partial charge is 0.316 e. The number of hydrogen-bond acceptors (Lipinski definition) is 5. The summed E-state index contributed by atoms with van der Waals surface area (Å²) in [5, 5.41) is 3.16. The summed E-state index contributed by atoms with van der Waals surface area (Å²) >= 11 is 0. The zero-order chi connectivity index (χ0) is 18.1. The fourth-order valence-corrected chi connectivity index (χ4v) is 5.14. The third-order valence-electron chi connectivity index (χ3n) is 5.44. The normalized spacial score (nSPS) is 20.2. The van der Waals surface area contributed by atoms with E-state index < -0.39 is 15.4 Å². The van der Waals surface area contributed by atoms with Gasteiger partial charge in [0.25, 0.3) is 0 Å². The van der Waals surface area contributed by atoms with Crippen molar-refractivity contribution >= 4 is 28.4 Å². The number of nitrogens with zero attached hydrogens (tertiary/aromatic N) is 1. The molecule has 0 radical (unpaired) electrons. The van der Waals surface area contributed by atoms with Gasteiger partial charge in [0, 0.05) is 13.1 Å². The molecule has 1 aliphatic carbocycles. The quantitative estimate of drug-likeness (QED) is 0.736. The molecule has 2 fully saturated rings. The van der Waals surface area contributed by atoms with Crippen molar-refractivity contribution in [1.82, 2.24) is 9.62 Å². The van der Waals surface area contributed by atoms with Crippen LogP contribution >= 0.6 is 12.4 Å². The molecule has 3 rings (SSSR count). The maximum atomic E-state index is 12.8. The summed E-state index contributed by atoms with van der Waals surface area (Å²) in [5.41, 5.74) is 0.272. The molecular weight excluding hydrogens is 376 g/mol. The minimum absolute atomic E-state index is 0. The molecule has 1 saturated carbocycles. The molecule has 0 bridgehead atoms. The van der Waals surface area contributed by atoms with Crippen LogP contribution in [0.25, 0.3) is 0 Å². The highest BCUT2D eigenvalue weighted by molar-refractivity contribution is 7.89. The number of methoxy groups -OCH3 is 1. The van der Waals surface area contributed by atoms with E-state index in [0.717, 1.165) is 37.8 Å². The highest BCUT2D eigenvalue weighted by atomic mass is 35.5. The van der Waals surface area contributed by atoms with Crippen molar-refractivity contribution < 1.29 is 17.9 Å². The number of hydrogen-bond donors (Lipinski definition) is 1. The van der Waals surface area contributed by atoms with E-state index in [1.165, 1.54) is 7.11 Å². The van der Waals surface area contributed by atoms with Crippen LogP contribution < -0.4 is 5.32 Å². The summed E-state index contributed by atoms with van der Waals surface area (Å²) in [6.07, 6.45) is 3.27. The van der Waals surface area contributed by atoms with Crippen molar-refractivity contribution in [3.05, 3.63) is 29.8 Å². The van der Waals surface area contributed by atoms with Crippen molar-refractivity contribution in [2.75, 3.05) is 33.8 Å². The Labute approximate surface area is 161 Å². The zero-order valence-electron chi connectivity index (χ0n) is 15.2. The van der Waals surface area contributed by atoms with Crippen molar-refractivity contribution in [1.29, 1.82) is 0 Å². The van der Waals surface area contributed by atoms with Gasteiger partial charge in [-0.15, -0.1) is 12.4 Å². The Hall–Kier alpha value is -1.15. The van der Waals surface area contributed by atoms with Crippen LogP contribution in [-0.2, 0) is 25.0 Å². The van der Waals surface area contributed by atoms with Crippen LogP contribution in [0.3, 0.4) is 0 Å². The van der Waals surface area contributed by atoms with Crippen LogP contribution in [0.5, 0.6) is 0 Å². The third-order valence-corrected chi connectivity index (χ3v) is 7.35. The van der Waals surface area contributed by atoms with Crippen molar-refractivity contribution in [2.24, 2.45) is 5.92 Å². The molecule has 1 aromatic carbocycles. The second-order valence-corrected chi connectivity index (χ2v) is 8.94. The standard InChI is InChI=1S/C18H26N2O4S.ClH/c1-19-13-14-7-11-20(12-8-14)25(22,23)16-5-3-15(4-6-16)18(9-10-18)17(21)24-2;/h3-6,14,19H,7-13H2,1-2H3;1H. The highest BCUT2D eigenvalue weighted by Gasteiger charge is 2.52. The van der Waals surface area contributed by atoms with Gasteiger partial charge >= 0.3 is 5.97 Å². The minimum Gasteiger partial charge on any atom is -0.468 e. The number of ether oxygens (including phenoxy) is 1. The Kier molecular flexibility index (Phi) is 6.71. The molecule has 2 aliphatic rings. The SMILES string of the molecule is CNCC1CCN(S(=O)(=O)c2ccc(C3(C(=O)OC)CC3)cc2)CC1.Cl. The summed E-state index contributed by atoms with van der Waals surface area (Å²) in [7, 11) is -0.161. The van der Waals surface area contributed by atoms with Crippen molar-refractivity contribution in [2.45, 2.75) is 36.0 Å². The molecule has 26 heavy (non-hydrogen) atoms. The molecule has 1 heterocycles. The summed E-state index contributed by atoms with van der Waals surface area (Å²) in [6.45, 7) is 2.04. The predicted octanol–water partition coefficient (Wildman–Crippen LogP) is 1.93.